The molecular formula is C18H20N2O2. The Morgan fingerprint density at radius 1 is 1.32 bits per heavy atom. The van der Waals surface area contributed by atoms with Gasteiger partial charge in [0, 0.05) is 13.3 Å². The summed E-state index contributed by atoms with van der Waals surface area (Å²) in [5.74, 6) is 5.19. The van der Waals surface area contributed by atoms with Crippen LogP contribution in [-0.2, 0) is 9.53 Å². The molecule has 4 nitrogen and oxygen atoms in total. The van der Waals surface area contributed by atoms with Crippen LogP contribution in [0.3, 0.4) is 0 Å². The number of carbonyl (C=O) groups excluding carboxylic acids is 1. The van der Waals surface area contributed by atoms with Crippen LogP contribution in [0.5, 0.6) is 0 Å². The van der Waals surface area contributed by atoms with Gasteiger partial charge in [0.25, 0.3) is 0 Å². The molecular weight excluding hydrogens is 276 g/mol. The number of carbonyl (C=O) groups is 1. The van der Waals surface area contributed by atoms with Crippen LogP contribution in [0.1, 0.15) is 39.0 Å². The molecule has 22 heavy (non-hydrogen) atoms. The van der Waals surface area contributed by atoms with Crippen molar-refractivity contribution in [3.63, 3.8) is 0 Å². The predicted octanol–water partition coefficient (Wildman–Crippen LogP) is 3.12. The van der Waals surface area contributed by atoms with Crippen molar-refractivity contribution in [2.45, 2.75) is 39.0 Å². The number of nitrogens with zero attached hydrogens (tertiary/aromatic N) is 2. The molecule has 0 aromatic heterocycles. The van der Waals surface area contributed by atoms with E-state index in [-0.39, 0.29) is 24.9 Å². The minimum Gasteiger partial charge on any atom is -0.453 e. The van der Waals surface area contributed by atoms with Crippen molar-refractivity contribution in [2.24, 2.45) is 17.3 Å². The van der Waals surface area contributed by atoms with Gasteiger partial charge in [-0.05, 0) is 30.8 Å². The zero-order valence-corrected chi connectivity index (χ0v) is 12.9. The number of allylic oxidation sites excluding steroid dienone is 1. The summed E-state index contributed by atoms with van der Waals surface area (Å²) < 4.78 is 4.73. The third-order valence-electron chi connectivity index (χ3n) is 4.02. The Morgan fingerprint density at radius 2 is 2.00 bits per heavy atom. The van der Waals surface area contributed by atoms with Crippen molar-refractivity contribution in [2.75, 3.05) is 6.61 Å². The van der Waals surface area contributed by atoms with Crippen molar-refractivity contribution >= 4 is 5.97 Å². The van der Waals surface area contributed by atoms with Crippen LogP contribution < -0.4 is 0 Å². The average molecular weight is 296 g/mol. The number of ether oxygens (including phenoxy) is 1. The first-order valence-corrected chi connectivity index (χ1v) is 7.37. The number of rotatable bonds is 4. The Bertz CT molecular complexity index is 577. The lowest BCUT2D eigenvalue weighted by Crippen LogP contribution is -2.34. The molecule has 114 valence electrons. The number of hydrogen-bond donors (Lipinski definition) is 0. The van der Waals surface area contributed by atoms with Crippen LogP contribution in [0.2, 0.25) is 0 Å². The van der Waals surface area contributed by atoms with E-state index in [1.807, 2.05) is 6.08 Å². The van der Waals surface area contributed by atoms with Gasteiger partial charge >= 0.3 is 5.97 Å². The van der Waals surface area contributed by atoms with Crippen molar-refractivity contribution in [1.82, 2.24) is 0 Å². The van der Waals surface area contributed by atoms with E-state index < -0.39 is 11.4 Å². The Hall–Kier alpha value is -2.47. The Labute approximate surface area is 132 Å². The predicted molar refractivity (Wildman–Crippen MR) is 81.8 cm³/mol. The van der Waals surface area contributed by atoms with E-state index in [9.17, 15) is 15.3 Å². The summed E-state index contributed by atoms with van der Waals surface area (Å²) in [6.45, 7) is 4.90. The van der Waals surface area contributed by atoms with Gasteiger partial charge in [-0.3, -0.25) is 4.79 Å². The van der Waals surface area contributed by atoms with Crippen molar-refractivity contribution < 1.29 is 9.53 Å². The molecule has 0 spiro atoms. The van der Waals surface area contributed by atoms with Gasteiger partial charge in [-0.25, -0.2) is 0 Å². The molecule has 0 aliphatic heterocycles. The van der Waals surface area contributed by atoms with E-state index in [1.165, 1.54) is 6.92 Å². The third-order valence-corrected chi connectivity index (χ3v) is 4.02. The lowest BCUT2D eigenvalue weighted by atomic mass is 9.63. The summed E-state index contributed by atoms with van der Waals surface area (Å²) in [5, 5.41) is 19.2. The summed E-state index contributed by atoms with van der Waals surface area (Å²) in [7, 11) is 0. The highest BCUT2D eigenvalue weighted by atomic mass is 16.5. The van der Waals surface area contributed by atoms with Gasteiger partial charge in [-0.2, -0.15) is 10.5 Å². The van der Waals surface area contributed by atoms with E-state index in [1.54, 1.807) is 0 Å². The van der Waals surface area contributed by atoms with E-state index in [2.05, 4.69) is 36.3 Å². The van der Waals surface area contributed by atoms with Crippen LogP contribution >= 0.6 is 0 Å². The lowest BCUT2D eigenvalue weighted by molar-refractivity contribution is -0.139. The van der Waals surface area contributed by atoms with Gasteiger partial charge in [0.1, 0.15) is 0 Å². The molecule has 1 aliphatic carbocycles. The number of nitriles is 2. The van der Waals surface area contributed by atoms with Gasteiger partial charge in [0.05, 0.1) is 12.1 Å². The summed E-state index contributed by atoms with van der Waals surface area (Å²) in [5.41, 5.74) is 1.65. The second-order valence-corrected chi connectivity index (χ2v) is 5.43. The monoisotopic (exact) mass is 296 g/mol. The van der Waals surface area contributed by atoms with Gasteiger partial charge < -0.3 is 4.74 Å². The zero-order chi connectivity index (χ0) is 16.4. The maximum absolute atomic E-state index is 10.7. The topological polar surface area (TPSA) is 73.9 Å². The average Bonchev–Trinajstić information content (AvgIpc) is 2.52. The molecule has 1 saturated carbocycles. The first-order valence-electron chi connectivity index (χ1n) is 7.37. The van der Waals surface area contributed by atoms with Gasteiger partial charge in [0.2, 0.25) is 0 Å². The minimum absolute atomic E-state index is 0.0110. The van der Waals surface area contributed by atoms with E-state index in [0.29, 0.717) is 0 Å². The first kappa shape index (κ1) is 17.6. The maximum Gasteiger partial charge on any atom is 0.303 e. The molecule has 0 N–H and O–H groups in total. The van der Waals surface area contributed by atoms with E-state index in [4.69, 9.17) is 4.74 Å². The van der Waals surface area contributed by atoms with Crippen LogP contribution in [0, 0.1) is 51.8 Å². The zero-order valence-electron chi connectivity index (χ0n) is 12.9. The van der Waals surface area contributed by atoms with Crippen LogP contribution in [0.4, 0.5) is 0 Å². The molecule has 0 saturated heterocycles. The molecule has 2 unspecified atom stereocenters. The number of hydrogen-bond acceptors (Lipinski definition) is 4. The molecule has 0 aromatic rings. The Balaban J connectivity index is 2.90. The lowest BCUT2D eigenvalue weighted by Gasteiger charge is -2.36. The molecule has 1 fully saturated rings. The fourth-order valence-electron chi connectivity index (χ4n) is 2.91. The molecule has 1 rings (SSSR count). The second kappa shape index (κ2) is 8.74. The van der Waals surface area contributed by atoms with Crippen LogP contribution in [0.15, 0.2) is 18.4 Å². The van der Waals surface area contributed by atoms with Crippen molar-refractivity contribution in [3.8, 4) is 24.0 Å². The molecule has 0 amide bonds. The maximum atomic E-state index is 10.7. The highest BCUT2D eigenvalue weighted by Crippen LogP contribution is 2.44. The SMILES string of the molecule is C=C=CC1CCCCC1C(C#N)(C#N)CC#CCOC(C)=O. The van der Waals surface area contributed by atoms with Crippen molar-refractivity contribution in [3.05, 3.63) is 18.4 Å². The quantitative estimate of drug-likeness (QED) is 0.454. The molecule has 0 aromatic carbocycles. The smallest absolute Gasteiger partial charge is 0.303 e. The molecule has 4 heteroatoms. The van der Waals surface area contributed by atoms with Gasteiger partial charge in [0.15, 0.2) is 12.0 Å². The summed E-state index contributed by atoms with van der Waals surface area (Å²) in [4.78, 5) is 10.7. The van der Waals surface area contributed by atoms with Crippen molar-refractivity contribution in [1.29, 1.82) is 10.5 Å². The normalized spacial score (nSPS) is 20.3. The fourth-order valence-corrected chi connectivity index (χ4v) is 2.91. The largest absolute Gasteiger partial charge is 0.453 e. The summed E-state index contributed by atoms with van der Waals surface area (Å²) >= 11 is 0. The highest BCUT2D eigenvalue weighted by Gasteiger charge is 2.43. The molecule has 2 atom stereocenters. The van der Waals surface area contributed by atoms with Crippen LogP contribution in [0.25, 0.3) is 0 Å². The second-order valence-electron chi connectivity index (χ2n) is 5.43. The Kier molecular flexibility index (Phi) is 6.98. The van der Waals surface area contributed by atoms with Crippen LogP contribution in [-0.4, -0.2) is 12.6 Å². The van der Waals surface area contributed by atoms with E-state index >= 15 is 0 Å². The van der Waals surface area contributed by atoms with E-state index in [0.717, 1.165) is 25.7 Å². The molecule has 0 radical (unpaired) electrons. The molecule has 0 bridgehead atoms. The first-order chi connectivity index (χ1) is 10.6. The van der Waals surface area contributed by atoms with Gasteiger partial charge in [-0.15, -0.1) is 5.73 Å². The number of esters is 1. The molecule has 0 heterocycles. The summed E-state index contributed by atoms with van der Waals surface area (Å²) in [6.07, 6.45) is 5.91. The standard InChI is InChI=1S/C18H20N2O2/c1-3-8-16-9-4-5-10-17(16)18(13-19,14-20)11-6-7-12-22-15(2)21/h8,16-17H,1,4-5,9-12H2,2H3. The fraction of sp³-hybridized carbons (Fsp3) is 0.556. The highest BCUT2D eigenvalue weighted by molar-refractivity contribution is 5.66. The molecule has 1 aliphatic rings. The summed E-state index contributed by atoms with van der Waals surface area (Å²) in [6, 6.07) is 4.37. The Morgan fingerprint density at radius 3 is 2.59 bits per heavy atom. The van der Waals surface area contributed by atoms with Gasteiger partial charge in [-0.1, -0.05) is 31.3 Å². The third kappa shape index (κ3) is 4.53. The minimum atomic E-state index is -1.14.